The molecule has 0 aliphatic heterocycles. The van der Waals surface area contributed by atoms with Crippen molar-refractivity contribution in [2.45, 2.75) is 52.5 Å². The van der Waals surface area contributed by atoms with Crippen molar-refractivity contribution in [3.63, 3.8) is 0 Å². The molecule has 0 heterocycles. The van der Waals surface area contributed by atoms with Gasteiger partial charge in [0.2, 0.25) is 5.91 Å². The molecular formula is C16H24ClN3O2. The van der Waals surface area contributed by atoms with Crippen molar-refractivity contribution in [1.29, 1.82) is 0 Å². The molecule has 0 aromatic heterocycles. The van der Waals surface area contributed by atoms with Gasteiger partial charge in [0.1, 0.15) is 0 Å². The van der Waals surface area contributed by atoms with Crippen LogP contribution in [0, 0.1) is 0 Å². The summed E-state index contributed by atoms with van der Waals surface area (Å²) in [5, 5.41) is 8.62. The Labute approximate surface area is 136 Å². The Balaban J connectivity index is 2.50. The Morgan fingerprint density at radius 3 is 2.55 bits per heavy atom. The molecule has 3 amide bonds. The zero-order chi connectivity index (χ0) is 16.5. The summed E-state index contributed by atoms with van der Waals surface area (Å²) in [5.74, 6) is -0.193. The van der Waals surface area contributed by atoms with Gasteiger partial charge in [-0.05, 0) is 31.5 Å². The first-order valence-corrected chi connectivity index (χ1v) is 7.94. The molecule has 0 unspecified atom stereocenters. The minimum absolute atomic E-state index is 0.126. The predicted octanol–water partition coefficient (Wildman–Crippen LogP) is 4.39. The first kappa shape index (κ1) is 18.3. The van der Waals surface area contributed by atoms with Crippen LogP contribution in [-0.4, -0.2) is 18.0 Å². The molecule has 1 rings (SSSR count). The van der Waals surface area contributed by atoms with Crippen LogP contribution in [0.3, 0.4) is 0 Å². The number of nitrogens with one attached hydrogen (secondary N) is 3. The van der Waals surface area contributed by atoms with Crippen molar-refractivity contribution >= 4 is 34.9 Å². The fourth-order valence-corrected chi connectivity index (χ4v) is 2.28. The molecule has 0 saturated heterocycles. The molecule has 5 nitrogen and oxygen atoms in total. The van der Waals surface area contributed by atoms with Gasteiger partial charge in [-0.15, -0.1) is 0 Å². The molecule has 0 fully saturated rings. The highest BCUT2D eigenvalue weighted by Gasteiger charge is 2.09. The SMILES string of the molecule is CCCCC[C@H](C)NC(=O)Nc1ccc(NC(C)=O)c(Cl)c1. The number of halogens is 1. The van der Waals surface area contributed by atoms with Gasteiger partial charge in [-0.1, -0.05) is 37.8 Å². The molecule has 22 heavy (non-hydrogen) atoms. The summed E-state index contributed by atoms with van der Waals surface area (Å²) in [7, 11) is 0. The van der Waals surface area contributed by atoms with Crippen LogP contribution in [-0.2, 0) is 4.79 Å². The number of carbonyl (C=O) groups excluding carboxylic acids is 2. The zero-order valence-corrected chi connectivity index (χ0v) is 14.1. The molecule has 1 aromatic carbocycles. The lowest BCUT2D eigenvalue weighted by Crippen LogP contribution is -2.36. The third-order valence-corrected chi connectivity index (χ3v) is 3.47. The Kier molecular flexibility index (Phi) is 7.74. The standard InChI is InChI=1S/C16H24ClN3O2/c1-4-5-6-7-11(2)18-16(22)20-13-8-9-15(14(17)10-13)19-12(3)21/h8-11H,4-7H2,1-3H3,(H,19,21)(H2,18,20,22)/t11-/m0/s1. The third kappa shape index (κ3) is 6.80. The van der Waals surface area contributed by atoms with Crippen molar-refractivity contribution in [3.05, 3.63) is 23.2 Å². The van der Waals surface area contributed by atoms with Crippen molar-refractivity contribution in [1.82, 2.24) is 5.32 Å². The predicted molar refractivity (Wildman–Crippen MR) is 91.5 cm³/mol. The molecule has 0 aliphatic carbocycles. The van der Waals surface area contributed by atoms with Gasteiger partial charge in [-0.3, -0.25) is 4.79 Å². The monoisotopic (exact) mass is 325 g/mol. The highest BCUT2D eigenvalue weighted by Crippen LogP contribution is 2.25. The fourth-order valence-electron chi connectivity index (χ4n) is 2.05. The van der Waals surface area contributed by atoms with E-state index in [0.717, 1.165) is 19.3 Å². The van der Waals surface area contributed by atoms with E-state index >= 15 is 0 Å². The number of anilines is 2. The topological polar surface area (TPSA) is 70.2 Å². The first-order chi connectivity index (χ1) is 10.4. The second-order valence-corrected chi connectivity index (χ2v) is 5.78. The quantitative estimate of drug-likeness (QED) is 0.651. The van der Waals surface area contributed by atoms with Crippen molar-refractivity contribution in [2.75, 3.05) is 10.6 Å². The van der Waals surface area contributed by atoms with E-state index < -0.39 is 0 Å². The minimum Gasteiger partial charge on any atom is -0.335 e. The molecule has 3 N–H and O–H groups in total. The van der Waals surface area contributed by atoms with Gasteiger partial charge in [-0.2, -0.15) is 0 Å². The van der Waals surface area contributed by atoms with Gasteiger partial charge in [0.25, 0.3) is 0 Å². The van der Waals surface area contributed by atoms with E-state index in [4.69, 9.17) is 11.6 Å². The van der Waals surface area contributed by atoms with E-state index in [1.165, 1.54) is 13.3 Å². The Bertz CT molecular complexity index is 520. The summed E-state index contributed by atoms with van der Waals surface area (Å²) in [6, 6.07) is 4.82. The summed E-state index contributed by atoms with van der Waals surface area (Å²) in [6.07, 6.45) is 4.41. The Hall–Kier alpha value is -1.75. The van der Waals surface area contributed by atoms with Crippen LogP contribution in [0.15, 0.2) is 18.2 Å². The summed E-state index contributed by atoms with van der Waals surface area (Å²) < 4.78 is 0. The van der Waals surface area contributed by atoms with E-state index in [-0.39, 0.29) is 18.0 Å². The molecule has 1 atom stereocenters. The highest BCUT2D eigenvalue weighted by atomic mass is 35.5. The number of hydrogen-bond acceptors (Lipinski definition) is 2. The number of benzene rings is 1. The number of hydrogen-bond donors (Lipinski definition) is 3. The average molecular weight is 326 g/mol. The van der Waals surface area contributed by atoms with Crippen LogP contribution in [0.4, 0.5) is 16.2 Å². The number of amides is 3. The van der Waals surface area contributed by atoms with E-state index in [9.17, 15) is 9.59 Å². The third-order valence-electron chi connectivity index (χ3n) is 3.16. The highest BCUT2D eigenvalue weighted by molar-refractivity contribution is 6.34. The molecular weight excluding hydrogens is 302 g/mol. The largest absolute Gasteiger partial charge is 0.335 e. The van der Waals surface area contributed by atoms with E-state index in [1.807, 2.05) is 6.92 Å². The van der Waals surface area contributed by atoms with Crippen LogP contribution in [0.25, 0.3) is 0 Å². The van der Waals surface area contributed by atoms with Crippen LogP contribution >= 0.6 is 11.6 Å². The molecule has 0 radical (unpaired) electrons. The maximum Gasteiger partial charge on any atom is 0.319 e. The van der Waals surface area contributed by atoms with Gasteiger partial charge >= 0.3 is 6.03 Å². The summed E-state index contributed by atoms with van der Waals surface area (Å²) in [6.45, 7) is 5.55. The molecule has 0 spiro atoms. The van der Waals surface area contributed by atoms with E-state index in [2.05, 4.69) is 22.9 Å². The van der Waals surface area contributed by atoms with Crippen molar-refractivity contribution in [3.8, 4) is 0 Å². The van der Waals surface area contributed by atoms with E-state index in [0.29, 0.717) is 16.4 Å². The fraction of sp³-hybridized carbons (Fsp3) is 0.500. The molecule has 0 saturated carbocycles. The number of unbranched alkanes of at least 4 members (excludes halogenated alkanes) is 2. The lowest BCUT2D eigenvalue weighted by atomic mass is 10.1. The molecule has 122 valence electrons. The smallest absolute Gasteiger partial charge is 0.319 e. The van der Waals surface area contributed by atoms with Gasteiger partial charge in [-0.25, -0.2) is 4.79 Å². The minimum atomic E-state index is -0.257. The van der Waals surface area contributed by atoms with Gasteiger partial charge in [0, 0.05) is 18.7 Å². The van der Waals surface area contributed by atoms with Gasteiger partial charge < -0.3 is 16.0 Å². The normalized spacial score (nSPS) is 11.6. The number of carbonyl (C=O) groups is 2. The number of urea groups is 1. The van der Waals surface area contributed by atoms with Gasteiger partial charge in [0.05, 0.1) is 10.7 Å². The van der Waals surface area contributed by atoms with Crippen molar-refractivity contribution in [2.24, 2.45) is 0 Å². The summed E-state index contributed by atoms with van der Waals surface area (Å²) in [5.41, 5.74) is 1.10. The second kappa shape index (κ2) is 9.30. The summed E-state index contributed by atoms with van der Waals surface area (Å²) >= 11 is 6.06. The van der Waals surface area contributed by atoms with Crippen LogP contribution < -0.4 is 16.0 Å². The molecule has 0 aliphatic rings. The Morgan fingerprint density at radius 2 is 1.95 bits per heavy atom. The molecule has 0 bridgehead atoms. The average Bonchev–Trinajstić information content (AvgIpc) is 2.41. The van der Waals surface area contributed by atoms with Crippen LogP contribution in [0.5, 0.6) is 0 Å². The lowest BCUT2D eigenvalue weighted by Gasteiger charge is -2.15. The van der Waals surface area contributed by atoms with Gasteiger partial charge in [0.15, 0.2) is 0 Å². The number of rotatable bonds is 7. The summed E-state index contributed by atoms with van der Waals surface area (Å²) in [4.78, 5) is 22.9. The van der Waals surface area contributed by atoms with Crippen LogP contribution in [0.2, 0.25) is 5.02 Å². The van der Waals surface area contributed by atoms with Crippen LogP contribution in [0.1, 0.15) is 46.5 Å². The first-order valence-electron chi connectivity index (χ1n) is 7.57. The Morgan fingerprint density at radius 1 is 1.23 bits per heavy atom. The van der Waals surface area contributed by atoms with Crippen molar-refractivity contribution < 1.29 is 9.59 Å². The lowest BCUT2D eigenvalue weighted by molar-refractivity contribution is -0.114. The second-order valence-electron chi connectivity index (χ2n) is 5.37. The molecule has 1 aromatic rings. The van der Waals surface area contributed by atoms with E-state index in [1.54, 1.807) is 18.2 Å². The zero-order valence-electron chi connectivity index (χ0n) is 13.3. The molecule has 6 heteroatoms. The maximum absolute atomic E-state index is 11.9. The maximum atomic E-state index is 11.9.